The van der Waals surface area contributed by atoms with Gasteiger partial charge in [0.25, 0.3) is 0 Å². The van der Waals surface area contributed by atoms with Crippen molar-refractivity contribution in [2.24, 2.45) is 4.99 Å². The lowest BCUT2D eigenvalue weighted by Crippen LogP contribution is -1.98. The normalized spacial score (nSPS) is 11.3. The number of benzene rings is 3. The Hall–Kier alpha value is -3.07. The second-order valence-electron chi connectivity index (χ2n) is 7.22. The molecule has 0 amide bonds. The third-order valence-corrected chi connectivity index (χ3v) is 4.88. The standard InChI is InChI=1S/C24H26N2O/c1-15-9-19(10-16(2)23(15)25)13-20-11-17(3)24(18(4)12-20)26-14-21-7-5-6-8-22(21)27/h5-12,14,27H,13,25H2,1-4H3. The molecule has 0 aliphatic carbocycles. The summed E-state index contributed by atoms with van der Waals surface area (Å²) in [6.07, 6.45) is 2.59. The fraction of sp³-hybridized carbons (Fsp3) is 0.208. The highest BCUT2D eigenvalue weighted by Crippen LogP contribution is 2.28. The molecule has 0 fully saturated rings. The first-order chi connectivity index (χ1) is 12.8. The molecular weight excluding hydrogens is 332 g/mol. The summed E-state index contributed by atoms with van der Waals surface area (Å²) in [5.41, 5.74) is 15.6. The van der Waals surface area contributed by atoms with Gasteiger partial charge in [-0.1, -0.05) is 36.4 Å². The summed E-state index contributed by atoms with van der Waals surface area (Å²) in [6.45, 7) is 8.26. The summed E-state index contributed by atoms with van der Waals surface area (Å²) in [5, 5.41) is 9.90. The number of rotatable bonds is 4. The van der Waals surface area contributed by atoms with Crippen LogP contribution in [0.2, 0.25) is 0 Å². The quantitative estimate of drug-likeness (QED) is 0.474. The largest absolute Gasteiger partial charge is 0.507 e. The lowest BCUT2D eigenvalue weighted by Gasteiger charge is -2.12. The number of hydrogen-bond acceptors (Lipinski definition) is 3. The molecule has 0 aromatic heterocycles. The fourth-order valence-electron chi connectivity index (χ4n) is 3.48. The van der Waals surface area contributed by atoms with E-state index in [4.69, 9.17) is 5.73 Å². The van der Waals surface area contributed by atoms with Crippen molar-refractivity contribution >= 4 is 17.6 Å². The van der Waals surface area contributed by atoms with Crippen molar-refractivity contribution < 1.29 is 5.11 Å². The van der Waals surface area contributed by atoms with Gasteiger partial charge in [0.1, 0.15) is 5.75 Å². The first kappa shape index (κ1) is 18.7. The van der Waals surface area contributed by atoms with Gasteiger partial charge in [0.05, 0.1) is 5.69 Å². The fourth-order valence-corrected chi connectivity index (χ4v) is 3.48. The van der Waals surface area contributed by atoms with E-state index >= 15 is 0 Å². The molecule has 0 saturated heterocycles. The van der Waals surface area contributed by atoms with Crippen LogP contribution in [-0.2, 0) is 6.42 Å². The number of anilines is 1. The van der Waals surface area contributed by atoms with Crippen LogP contribution in [-0.4, -0.2) is 11.3 Å². The Bertz CT molecular complexity index is 973. The Morgan fingerprint density at radius 1 is 0.852 bits per heavy atom. The summed E-state index contributed by atoms with van der Waals surface area (Å²) in [6, 6.07) is 15.9. The molecule has 3 rings (SSSR count). The van der Waals surface area contributed by atoms with Gasteiger partial charge in [-0.2, -0.15) is 0 Å². The number of nitrogens with two attached hydrogens (primary N) is 1. The molecule has 138 valence electrons. The zero-order valence-electron chi connectivity index (χ0n) is 16.4. The predicted molar refractivity (Wildman–Crippen MR) is 114 cm³/mol. The number of nitrogen functional groups attached to an aromatic ring is 1. The zero-order chi connectivity index (χ0) is 19.6. The SMILES string of the molecule is Cc1cc(Cc2cc(C)c(N=Cc3ccccc3O)c(C)c2)cc(C)c1N. The molecule has 0 atom stereocenters. The lowest BCUT2D eigenvalue weighted by molar-refractivity contribution is 0.474. The van der Waals surface area contributed by atoms with Crippen molar-refractivity contribution in [3.63, 3.8) is 0 Å². The number of para-hydroxylation sites is 1. The Balaban J connectivity index is 1.88. The Kier molecular flexibility index (Phi) is 5.31. The van der Waals surface area contributed by atoms with Gasteiger partial charge in [-0.05, 0) is 79.6 Å². The van der Waals surface area contributed by atoms with Crippen LogP contribution >= 0.6 is 0 Å². The Labute approximate surface area is 161 Å². The highest BCUT2D eigenvalue weighted by Gasteiger charge is 2.07. The number of phenols is 1. The van der Waals surface area contributed by atoms with E-state index < -0.39 is 0 Å². The summed E-state index contributed by atoms with van der Waals surface area (Å²) in [7, 11) is 0. The molecule has 27 heavy (non-hydrogen) atoms. The summed E-state index contributed by atoms with van der Waals surface area (Å²) >= 11 is 0. The lowest BCUT2D eigenvalue weighted by atomic mass is 9.96. The Morgan fingerprint density at radius 2 is 1.37 bits per heavy atom. The number of aliphatic imine (C=N–C) groups is 1. The van der Waals surface area contributed by atoms with E-state index in [1.165, 1.54) is 11.1 Å². The molecule has 0 heterocycles. The molecule has 0 radical (unpaired) electrons. The number of phenolic OH excluding ortho intramolecular Hbond substituents is 1. The molecule has 3 heteroatoms. The molecule has 0 bridgehead atoms. The average molecular weight is 358 g/mol. The van der Waals surface area contributed by atoms with Crippen LogP contribution in [0, 0.1) is 27.7 Å². The highest BCUT2D eigenvalue weighted by atomic mass is 16.3. The van der Waals surface area contributed by atoms with Gasteiger partial charge in [0.2, 0.25) is 0 Å². The predicted octanol–water partition coefficient (Wildman–Crippen LogP) is 5.55. The molecule has 3 nitrogen and oxygen atoms in total. The smallest absolute Gasteiger partial charge is 0.124 e. The van der Waals surface area contributed by atoms with E-state index in [0.29, 0.717) is 5.56 Å². The molecular formula is C24H26N2O. The van der Waals surface area contributed by atoms with E-state index in [9.17, 15) is 5.11 Å². The van der Waals surface area contributed by atoms with Crippen molar-refractivity contribution in [2.75, 3.05) is 5.73 Å². The molecule has 0 saturated carbocycles. The molecule has 3 aromatic rings. The van der Waals surface area contributed by atoms with Crippen molar-refractivity contribution in [1.82, 2.24) is 0 Å². The van der Waals surface area contributed by atoms with Crippen LogP contribution in [0.15, 0.2) is 53.5 Å². The minimum atomic E-state index is 0.238. The van der Waals surface area contributed by atoms with Crippen molar-refractivity contribution in [3.05, 3.63) is 87.5 Å². The van der Waals surface area contributed by atoms with Crippen LogP contribution in [0.25, 0.3) is 0 Å². The summed E-state index contributed by atoms with van der Waals surface area (Å²) in [4.78, 5) is 4.62. The highest BCUT2D eigenvalue weighted by molar-refractivity contribution is 5.85. The molecule has 0 aliphatic heterocycles. The number of hydrogen-bond donors (Lipinski definition) is 2. The first-order valence-electron chi connectivity index (χ1n) is 9.13. The van der Waals surface area contributed by atoms with E-state index in [1.807, 2.05) is 12.1 Å². The maximum absolute atomic E-state index is 9.90. The van der Waals surface area contributed by atoms with E-state index in [0.717, 1.165) is 40.0 Å². The Morgan fingerprint density at radius 3 is 1.93 bits per heavy atom. The van der Waals surface area contributed by atoms with Gasteiger partial charge in [-0.25, -0.2) is 0 Å². The van der Waals surface area contributed by atoms with Gasteiger partial charge < -0.3 is 10.8 Å². The van der Waals surface area contributed by atoms with Crippen molar-refractivity contribution in [2.45, 2.75) is 34.1 Å². The van der Waals surface area contributed by atoms with Gasteiger partial charge in [-0.15, -0.1) is 0 Å². The summed E-state index contributed by atoms with van der Waals surface area (Å²) in [5.74, 6) is 0.238. The second-order valence-corrected chi connectivity index (χ2v) is 7.22. The van der Waals surface area contributed by atoms with E-state index in [-0.39, 0.29) is 5.75 Å². The minimum Gasteiger partial charge on any atom is -0.507 e. The second kappa shape index (κ2) is 7.67. The van der Waals surface area contributed by atoms with Gasteiger partial charge in [0.15, 0.2) is 0 Å². The molecule has 3 aromatic carbocycles. The van der Waals surface area contributed by atoms with Crippen molar-refractivity contribution in [1.29, 1.82) is 0 Å². The molecule has 0 unspecified atom stereocenters. The van der Waals surface area contributed by atoms with Gasteiger partial charge in [-0.3, -0.25) is 4.99 Å². The molecule has 0 spiro atoms. The summed E-state index contributed by atoms with van der Waals surface area (Å²) < 4.78 is 0. The van der Waals surface area contributed by atoms with Gasteiger partial charge >= 0.3 is 0 Å². The third kappa shape index (κ3) is 4.20. The third-order valence-electron chi connectivity index (χ3n) is 4.88. The van der Waals surface area contributed by atoms with E-state index in [1.54, 1.807) is 18.3 Å². The minimum absolute atomic E-state index is 0.238. The molecule has 3 N–H and O–H groups in total. The first-order valence-corrected chi connectivity index (χ1v) is 9.13. The monoisotopic (exact) mass is 358 g/mol. The van der Waals surface area contributed by atoms with Gasteiger partial charge in [0, 0.05) is 17.5 Å². The van der Waals surface area contributed by atoms with Crippen LogP contribution in [0.4, 0.5) is 11.4 Å². The van der Waals surface area contributed by atoms with Crippen LogP contribution in [0.1, 0.15) is 38.9 Å². The number of nitrogens with zero attached hydrogens (tertiary/aromatic N) is 1. The topological polar surface area (TPSA) is 58.6 Å². The van der Waals surface area contributed by atoms with Crippen LogP contribution in [0.5, 0.6) is 5.75 Å². The maximum Gasteiger partial charge on any atom is 0.124 e. The van der Waals surface area contributed by atoms with Crippen LogP contribution < -0.4 is 5.73 Å². The maximum atomic E-state index is 9.90. The van der Waals surface area contributed by atoms with E-state index in [2.05, 4.69) is 57.0 Å². The van der Waals surface area contributed by atoms with Crippen molar-refractivity contribution in [3.8, 4) is 5.75 Å². The zero-order valence-corrected chi connectivity index (χ0v) is 16.4. The number of aryl methyl sites for hydroxylation is 4. The average Bonchev–Trinajstić information content (AvgIpc) is 2.60. The number of aromatic hydroxyl groups is 1. The molecule has 0 aliphatic rings. The van der Waals surface area contributed by atoms with Crippen LogP contribution in [0.3, 0.4) is 0 Å².